The zero-order valence-electron chi connectivity index (χ0n) is 28.6. The maximum absolute atomic E-state index is 13.1. The number of nitrogens with one attached hydrogen (secondary N) is 5. The minimum atomic E-state index is -1.54. The molecule has 288 valence electrons. The van der Waals surface area contributed by atoms with Crippen molar-refractivity contribution in [2.45, 2.75) is 69.1 Å². The molecule has 11 N–H and O–H groups in total. The Morgan fingerprint density at radius 2 is 1.17 bits per heavy atom. The molecular weight excluding hydrogens is 700 g/mol. The Morgan fingerprint density at radius 1 is 0.623 bits per heavy atom. The molecule has 0 saturated heterocycles. The van der Waals surface area contributed by atoms with Gasteiger partial charge in [-0.2, -0.15) is 0 Å². The zero-order chi connectivity index (χ0) is 39.3. The second-order valence-electron chi connectivity index (χ2n) is 11.7. The van der Waals surface area contributed by atoms with E-state index >= 15 is 0 Å². The number of rotatable bonds is 24. The molecule has 2 aromatic rings. The summed E-state index contributed by atoms with van der Waals surface area (Å²) >= 11 is 0. The maximum Gasteiger partial charge on any atom is 0.326 e. The van der Waals surface area contributed by atoms with E-state index in [0.29, 0.717) is 5.56 Å². The SMILES string of the molecule is NCC(=O)N[C@@H](Cc1ccc(OCC(=O)N[C@@H](Cc2ccccc2)C(=O)NCCCC[C@H](NC(=O)N[C@@H](CCC(=O)O)C(=O)O)C(=O)O)cc1)C(=O)O. The molecule has 0 spiro atoms. The van der Waals surface area contributed by atoms with Crippen LogP contribution in [-0.4, -0.2) is 112 Å². The molecule has 19 heteroatoms. The van der Waals surface area contributed by atoms with Crippen LogP contribution in [0.1, 0.15) is 43.2 Å². The molecule has 0 aromatic heterocycles. The van der Waals surface area contributed by atoms with Gasteiger partial charge in [-0.1, -0.05) is 42.5 Å². The number of ether oxygens (including phenoxy) is 1. The van der Waals surface area contributed by atoms with Gasteiger partial charge in [-0.3, -0.25) is 19.2 Å². The third kappa shape index (κ3) is 17.0. The zero-order valence-corrected chi connectivity index (χ0v) is 28.6. The molecule has 19 nitrogen and oxygen atoms in total. The van der Waals surface area contributed by atoms with E-state index in [1.165, 1.54) is 12.1 Å². The normalized spacial score (nSPS) is 12.8. The van der Waals surface area contributed by atoms with Gasteiger partial charge in [0.1, 0.15) is 29.9 Å². The molecule has 0 radical (unpaired) electrons. The number of urea groups is 1. The molecule has 0 heterocycles. The van der Waals surface area contributed by atoms with Crippen LogP contribution in [0.15, 0.2) is 54.6 Å². The van der Waals surface area contributed by atoms with Crippen molar-refractivity contribution in [1.29, 1.82) is 0 Å². The first kappa shape index (κ1) is 42.9. The number of amides is 5. The third-order valence-corrected chi connectivity index (χ3v) is 7.56. The molecule has 0 bridgehead atoms. The lowest BCUT2D eigenvalue weighted by molar-refractivity contribution is -0.142. The van der Waals surface area contributed by atoms with E-state index in [1.807, 2.05) is 5.32 Å². The lowest BCUT2D eigenvalue weighted by Crippen LogP contribution is -2.51. The third-order valence-electron chi connectivity index (χ3n) is 7.56. The Bertz CT molecular complexity index is 1570. The lowest BCUT2D eigenvalue weighted by atomic mass is 10.0. The summed E-state index contributed by atoms with van der Waals surface area (Å²) in [5.74, 6) is -6.81. The average Bonchev–Trinajstić information content (AvgIpc) is 3.11. The van der Waals surface area contributed by atoms with Gasteiger partial charge in [-0.15, -0.1) is 0 Å². The molecule has 0 fully saturated rings. The number of hydrogen-bond acceptors (Lipinski definition) is 10. The number of carbonyl (C=O) groups is 8. The van der Waals surface area contributed by atoms with Crippen LogP contribution in [0.5, 0.6) is 5.75 Å². The first-order valence-corrected chi connectivity index (χ1v) is 16.5. The molecule has 53 heavy (non-hydrogen) atoms. The summed E-state index contributed by atoms with van der Waals surface area (Å²) in [7, 11) is 0. The fourth-order valence-corrected chi connectivity index (χ4v) is 4.80. The Kier molecular flexibility index (Phi) is 18.3. The fraction of sp³-hybridized carbons (Fsp3) is 0.412. The second-order valence-corrected chi connectivity index (χ2v) is 11.7. The van der Waals surface area contributed by atoms with Gasteiger partial charge >= 0.3 is 29.9 Å². The highest BCUT2D eigenvalue weighted by Crippen LogP contribution is 2.14. The molecule has 5 amide bonds. The summed E-state index contributed by atoms with van der Waals surface area (Å²) in [6.45, 7) is -0.716. The topological polar surface area (TPSA) is 313 Å². The van der Waals surface area contributed by atoms with Gasteiger partial charge < -0.3 is 57.5 Å². The summed E-state index contributed by atoms with van der Waals surface area (Å²) in [5, 5.41) is 48.7. The van der Waals surface area contributed by atoms with Crippen LogP contribution >= 0.6 is 0 Å². The van der Waals surface area contributed by atoms with Gasteiger partial charge in [0.15, 0.2) is 6.61 Å². The van der Waals surface area contributed by atoms with Crippen molar-refractivity contribution >= 4 is 47.6 Å². The van der Waals surface area contributed by atoms with Gasteiger partial charge in [0.05, 0.1) is 6.54 Å². The van der Waals surface area contributed by atoms with E-state index < -0.39 is 91.2 Å². The molecule has 2 aromatic carbocycles. The van der Waals surface area contributed by atoms with Gasteiger partial charge in [0, 0.05) is 25.8 Å². The van der Waals surface area contributed by atoms with Crippen molar-refractivity contribution < 1.29 is 63.5 Å². The monoisotopic (exact) mass is 744 g/mol. The second kappa shape index (κ2) is 22.6. The molecule has 4 atom stereocenters. The van der Waals surface area contributed by atoms with E-state index in [9.17, 15) is 53.7 Å². The summed E-state index contributed by atoms with van der Waals surface area (Å²) in [6, 6.07) is 8.86. The van der Waals surface area contributed by atoms with Crippen molar-refractivity contribution in [3.05, 3.63) is 65.7 Å². The quantitative estimate of drug-likeness (QED) is 0.0590. The summed E-state index contributed by atoms with van der Waals surface area (Å²) in [5.41, 5.74) is 6.57. The highest BCUT2D eigenvalue weighted by molar-refractivity contribution is 5.89. The minimum absolute atomic E-state index is 0.0150. The van der Waals surface area contributed by atoms with Crippen LogP contribution in [0.2, 0.25) is 0 Å². The minimum Gasteiger partial charge on any atom is -0.484 e. The molecular formula is C34H44N6O13. The highest BCUT2D eigenvalue weighted by Gasteiger charge is 2.26. The smallest absolute Gasteiger partial charge is 0.326 e. The number of unbranched alkanes of at least 4 members (excludes halogenated alkanes) is 1. The summed E-state index contributed by atoms with van der Waals surface area (Å²) in [4.78, 5) is 94.9. The Balaban J connectivity index is 1.90. The highest BCUT2D eigenvalue weighted by atomic mass is 16.5. The standard InChI is InChI=1S/C34H44N6O13/c35-18-27(41)38-26(33(50)51)17-21-9-11-22(12-10-21)53-19-28(42)37-25(16-20-6-2-1-3-7-20)30(45)36-15-5-4-8-23(31(46)47)39-34(52)40-24(32(48)49)13-14-29(43)44/h1-3,6-7,9-12,23-26H,4-5,8,13-19,35H2,(H,36,45)(H,37,42)(H,38,41)(H,43,44)(H,46,47)(H,48,49)(H,50,51)(H2,39,40,52)/t23-,24-,25-,26-/m0/s1. The van der Waals surface area contributed by atoms with Gasteiger partial charge in [0.25, 0.3) is 5.91 Å². The van der Waals surface area contributed by atoms with Gasteiger partial charge in [-0.25, -0.2) is 19.2 Å². The predicted octanol–water partition coefficient (Wildman–Crippen LogP) is -0.780. The number of hydrogen-bond donors (Lipinski definition) is 10. The molecule has 0 aliphatic carbocycles. The van der Waals surface area contributed by atoms with E-state index in [4.69, 9.17) is 15.6 Å². The number of benzene rings is 2. The fourth-order valence-electron chi connectivity index (χ4n) is 4.80. The van der Waals surface area contributed by atoms with Crippen LogP contribution < -0.4 is 37.1 Å². The Morgan fingerprint density at radius 3 is 1.74 bits per heavy atom. The van der Waals surface area contributed by atoms with Crippen LogP contribution in [0, 0.1) is 0 Å². The van der Waals surface area contributed by atoms with Crippen LogP contribution in [-0.2, 0) is 46.4 Å². The number of nitrogens with two attached hydrogens (primary N) is 1. The van der Waals surface area contributed by atoms with Crippen molar-refractivity contribution in [3.8, 4) is 5.75 Å². The van der Waals surface area contributed by atoms with E-state index in [1.54, 1.807) is 42.5 Å². The van der Waals surface area contributed by atoms with Gasteiger partial charge in [-0.05, 0) is 48.9 Å². The summed E-state index contributed by atoms with van der Waals surface area (Å²) in [6.07, 6.45) is -0.363. The largest absolute Gasteiger partial charge is 0.484 e. The number of carboxylic acids is 4. The Labute approximate surface area is 303 Å². The first-order chi connectivity index (χ1) is 25.2. The molecule has 2 rings (SSSR count). The lowest BCUT2D eigenvalue weighted by Gasteiger charge is -2.20. The number of carboxylic acid groups (broad SMARTS) is 4. The summed E-state index contributed by atoms with van der Waals surface area (Å²) < 4.78 is 5.54. The molecule has 0 saturated carbocycles. The van der Waals surface area contributed by atoms with Crippen LogP contribution in [0.25, 0.3) is 0 Å². The van der Waals surface area contributed by atoms with E-state index in [-0.39, 0.29) is 50.9 Å². The predicted molar refractivity (Wildman–Crippen MR) is 185 cm³/mol. The Hall–Kier alpha value is -6.24. The molecule has 0 aliphatic rings. The molecule has 0 aliphatic heterocycles. The van der Waals surface area contributed by atoms with Crippen molar-refractivity contribution in [3.63, 3.8) is 0 Å². The average molecular weight is 745 g/mol. The van der Waals surface area contributed by atoms with Crippen molar-refractivity contribution in [2.75, 3.05) is 19.7 Å². The number of aliphatic carboxylic acids is 4. The van der Waals surface area contributed by atoms with Crippen LogP contribution in [0.3, 0.4) is 0 Å². The number of carbonyl (C=O) groups excluding carboxylic acids is 4. The van der Waals surface area contributed by atoms with E-state index in [2.05, 4.69) is 21.3 Å². The van der Waals surface area contributed by atoms with Gasteiger partial charge in [0.2, 0.25) is 11.8 Å². The van der Waals surface area contributed by atoms with Crippen molar-refractivity contribution in [1.82, 2.24) is 26.6 Å². The van der Waals surface area contributed by atoms with E-state index in [0.717, 1.165) is 5.56 Å². The van der Waals surface area contributed by atoms with Crippen molar-refractivity contribution in [2.24, 2.45) is 5.73 Å². The molecule has 0 unspecified atom stereocenters. The van der Waals surface area contributed by atoms with Crippen LogP contribution in [0.4, 0.5) is 4.79 Å². The first-order valence-electron chi connectivity index (χ1n) is 16.5. The maximum atomic E-state index is 13.1.